The molecular weight excluding hydrogens is 314 g/mol. The average molecular weight is 333 g/mol. The molecule has 1 aliphatic rings. The van der Waals surface area contributed by atoms with Crippen LogP contribution < -0.4 is 14.8 Å². The largest absolute Gasteiger partial charge is 0.493 e. The highest BCUT2D eigenvalue weighted by Gasteiger charge is 2.24. The minimum Gasteiger partial charge on any atom is -0.493 e. The molecule has 1 N–H and O–H groups in total. The number of hydrogen-bond donors (Lipinski definition) is 1. The van der Waals surface area contributed by atoms with Crippen LogP contribution >= 0.6 is 0 Å². The van der Waals surface area contributed by atoms with E-state index in [4.69, 9.17) is 9.47 Å². The van der Waals surface area contributed by atoms with Gasteiger partial charge in [-0.15, -0.1) is 0 Å². The highest BCUT2D eigenvalue weighted by Crippen LogP contribution is 2.38. The smallest absolute Gasteiger partial charge is 0.220 e. The van der Waals surface area contributed by atoms with Crippen LogP contribution in [0, 0.1) is 0 Å². The molecule has 1 aliphatic heterocycles. The van der Waals surface area contributed by atoms with Gasteiger partial charge in [-0.1, -0.05) is 42.5 Å². The maximum atomic E-state index is 11.5. The standard InChI is InChI=1S/C21H19NO3/c1-24-19-10-9-15(16-12-21(23)22-13-16)11-20(19)25-18-8-4-6-14-5-2-3-7-17(14)18/h2-11,16H,12-13H2,1H3,(H,22,23). The Balaban J connectivity index is 1.72. The topological polar surface area (TPSA) is 47.6 Å². The van der Waals surface area contributed by atoms with Gasteiger partial charge in [0.2, 0.25) is 5.91 Å². The Labute approximate surface area is 146 Å². The van der Waals surface area contributed by atoms with Crippen molar-refractivity contribution in [3.63, 3.8) is 0 Å². The molecule has 126 valence electrons. The molecule has 25 heavy (non-hydrogen) atoms. The van der Waals surface area contributed by atoms with Gasteiger partial charge in [0, 0.05) is 24.3 Å². The van der Waals surface area contributed by atoms with Crippen LogP contribution in [0.3, 0.4) is 0 Å². The molecule has 4 nitrogen and oxygen atoms in total. The first-order chi connectivity index (χ1) is 12.2. The number of ether oxygens (including phenoxy) is 2. The molecule has 0 spiro atoms. The third kappa shape index (κ3) is 3.03. The van der Waals surface area contributed by atoms with Gasteiger partial charge >= 0.3 is 0 Å². The zero-order valence-corrected chi connectivity index (χ0v) is 14.0. The molecule has 1 fully saturated rings. The van der Waals surface area contributed by atoms with Crippen molar-refractivity contribution in [1.29, 1.82) is 0 Å². The Hall–Kier alpha value is -3.01. The van der Waals surface area contributed by atoms with Crippen LogP contribution in [0.1, 0.15) is 17.9 Å². The third-order valence-electron chi connectivity index (χ3n) is 4.61. The molecule has 1 amide bonds. The summed E-state index contributed by atoms with van der Waals surface area (Å²) in [5.41, 5.74) is 1.08. The summed E-state index contributed by atoms with van der Waals surface area (Å²) in [5.74, 6) is 2.39. The first-order valence-electron chi connectivity index (χ1n) is 8.35. The van der Waals surface area contributed by atoms with E-state index in [0.29, 0.717) is 24.5 Å². The minimum atomic E-state index is 0.0948. The summed E-state index contributed by atoms with van der Waals surface area (Å²) in [6.45, 7) is 0.666. The van der Waals surface area contributed by atoms with Gasteiger partial charge in [-0.2, -0.15) is 0 Å². The van der Waals surface area contributed by atoms with Crippen molar-refractivity contribution in [2.45, 2.75) is 12.3 Å². The number of amides is 1. The zero-order chi connectivity index (χ0) is 17.2. The summed E-state index contributed by atoms with van der Waals surface area (Å²) in [5, 5.41) is 5.06. The fourth-order valence-electron chi connectivity index (χ4n) is 3.27. The molecule has 0 aromatic heterocycles. The first kappa shape index (κ1) is 15.5. The molecule has 3 aromatic rings. The fourth-order valence-corrected chi connectivity index (χ4v) is 3.27. The Morgan fingerprint density at radius 1 is 0.960 bits per heavy atom. The molecule has 1 atom stereocenters. The molecule has 0 saturated carbocycles. The summed E-state index contributed by atoms with van der Waals surface area (Å²) >= 11 is 0. The van der Waals surface area contributed by atoms with Crippen molar-refractivity contribution in [2.75, 3.05) is 13.7 Å². The summed E-state index contributed by atoms with van der Waals surface area (Å²) < 4.78 is 11.7. The number of methoxy groups -OCH3 is 1. The summed E-state index contributed by atoms with van der Waals surface area (Å²) in [7, 11) is 1.63. The van der Waals surface area contributed by atoms with E-state index in [1.807, 2.05) is 48.5 Å². The number of nitrogens with one attached hydrogen (secondary N) is 1. The highest BCUT2D eigenvalue weighted by molar-refractivity contribution is 5.88. The SMILES string of the molecule is COc1ccc(C2CNC(=O)C2)cc1Oc1cccc2ccccc12. The molecule has 3 aromatic carbocycles. The molecule has 1 heterocycles. The van der Waals surface area contributed by atoms with Gasteiger partial charge in [-0.05, 0) is 29.1 Å². The molecule has 0 aliphatic carbocycles. The van der Waals surface area contributed by atoms with Crippen molar-refractivity contribution in [3.8, 4) is 17.2 Å². The number of carbonyl (C=O) groups excluding carboxylic acids is 1. The maximum absolute atomic E-state index is 11.5. The van der Waals surface area contributed by atoms with Crippen molar-refractivity contribution in [1.82, 2.24) is 5.32 Å². The van der Waals surface area contributed by atoms with Gasteiger partial charge in [-0.3, -0.25) is 4.79 Å². The van der Waals surface area contributed by atoms with Crippen molar-refractivity contribution in [2.24, 2.45) is 0 Å². The summed E-state index contributed by atoms with van der Waals surface area (Å²) in [4.78, 5) is 11.5. The van der Waals surface area contributed by atoms with Crippen LogP contribution in [-0.2, 0) is 4.79 Å². The van der Waals surface area contributed by atoms with Gasteiger partial charge in [0.05, 0.1) is 7.11 Å². The maximum Gasteiger partial charge on any atom is 0.220 e. The van der Waals surface area contributed by atoms with Crippen molar-refractivity contribution in [3.05, 3.63) is 66.2 Å². The van der Waals surface area contributed by atoms with Crippen LogP contribution in [0.25, 0.3) is 10.8 Å². The Morgan fingerprint density at radius 2 is 1.80 bits per heavy atom. The number of carbonyl (C=O) groups is 1. The number of benzene rings is 3. The molecule has 1 unspecified atom stereocenters. The van der Waals surface area contributed by atoms with E-state index in [0.717, 1.165) is 22.1 Å². The second-order valence-electron chi connectivity index (χ2n) is 6.19. The van der Waals surface area contributed by atoms with E-state index < -0.39 is 0 Å². The van der Waals surface area contributed by atoms with E-state index in [1.54, 1.807) is 7.11 Å². The Kier molecular flexibility index (Phi) is 4.02. The van der Waals surface area contributed by atoms with E-state index in [9.17, 15) is 4.79 Å². The molecule has 4 heteroatoms. The van der Waals surface area contributed by atoms with Crippen LogP contribution in [-0.4, -0.2) is 19.6 Å². The normalized spacial score (nSPS) is 16.7. The lowest BCUT2D eigenvalue weighted by atomic mass is 9.98. The van der Waals surface area contributed by atoms with E-state index in [-0.39, 0.29) is 11.8 Å². The van der Waals surface area contributed by atoms with Crippen molar-refractivity contribution < 1.29 is 14.3 Å². The first-order valence-corrected chi connectivity index (χ1v) is 8.35. The fraction of sp³-hybridized carbons (Fsp3) is 0.190. The number of fused-ring (bicyclic) bond motifs is 1. The third-order valence-corrected chi connectivity index (χ3v) is 4.61. The molecule has 0 bridgehead atoms. The lowest BCUT2D eigenvalue weighted by molar-refractivity contribution is -0.119. The Bertz CT molecular complexity index is 930. The van der Waals surface area contributed by atoms with Crippen molar-refractivity contribution >= 4 is 16.7 Å². The van der Waals surface area contributed by atoms with Gasteiger partial charge < -0.3 is 14.8 Å². The molecule has 4 rings (SSSR count). The average Bonchev–Trinajstić information content (AvgIpc) is 3.08. The molecule has 0 radical (unpaired) electrons. The zero-order valence-electron chi connectivity index (χ0n) is 14.0. The number of rotatable bonds is 4. The van der Waals surface area contributed by atoms with Gasteiger partial charge in [-0.25, -0.2) is 0 Å². The summed E-state index contributed by atoms with van der Waals surface area (Å²) in [6.07, 6.45) is 0.514. The van der Waals surface area contributed by atoms with Gasteiger partial charge in [0.15, 0.2) is 11.5 Å². The lowest BCUT2D eigenvalue weighted by Gasteiger charge is -2.15. The van der Waals surface area contributed by atoms with Gasteiger partial charge in [0.25, 0.3) is 0 Å². The molecule has 1 saturated heterocycles. The lowest BCUT2D eigenvalue weighted by Crippen LogP contribution is -2.13. The predicted molar refractivity (Wildman–Crippen MR) is 97.4 cm³/mol. The highest BCUT2D eigenvalue weighted by atomic mass is 16.5. The van der Waals surface area contributed by atoms with E-state index >= 15 is 0 Å². The van der Waals surface area contributed by atoms with E-state index in [1.165, 1.54) is 0 Å². The Morgan fingerprint density at radius 3 is 2.60 bits per heavy atom. The summed E-state index contributed by atoms with van der Waals surface area (Å²) in [6, 6.07) is 20.0. The van der Waals surface area contributed by atoms with Gasteiger partial charge in [0.1, 0.15) is 5.75 Å². The van der Waals surface area contributed by atoms with Crippen LogP contribution in [0.2, 0.25) is 0 Å². The van der Waals surface area contributed by atoms with Crippen LogP contribution in [0.5, 0.6) is 17.2 Å². The van der Waals surface area contributed by atoms with Crippen LogP contribution in [0.15, 0.2) is 60.7 Å². The number of hydrogen-bond acceptors (Lipinski definition) is 3. The van der Waals surface area contributed by atoms with E-state index in [2.05, 4.69) is 17.4 Å². The minimum absolute atomic E-state index is 0.0948. The van der Waals surface area contributed by atoms with Crippen LogP contribution in [0.4, 0.5) is 0 Å². The quantitative estimate of drug-likeness (QED) is 0.777. The monoisotopic (exact) mass is 333 g/mol. The molecular formula is C21H19NO3. The second-order valence-corrected chi connectivity index (χ2v) is 6.19. The second kappa shape index (κ2) is 6.48. The predicted octanol–water partition coefficient (Wildman–Crippen LogP) is 4.24.